The summed E-state index contributed by atoms with van der Waals surface area (Å²) in [6.07, 6.45) is 6.76. The summed E-state index contributed by atoms with van der Waals surface area (Å²) in [6.45, 7) is 1.81. The van der Waals surface area contributed by atoms with E-state index < -0.39 is 0 Å². The van der Waals surface area contributed by atoms with Crippen LogP contribution >= 0.6 is 15.9 Å². The van der Waals surface area contributed by atoms with Crippen molar-refractivity contribution in [1.29, 1.82) is 0 Å². The van der Waals surface area contributed by atoms with Gasteiger partial charge in [0.15, 0.2) is 5.82 Å². The molecule has 0 unspecified atom stereocenters. The van der Waals surface area contributed by atoms with Crippen LogP contribution in [-0.4, -0.2) is 33.2 Å². The van der Waals surface area contributed by atoms with Crippen molar-refractivity contribution in [3.63, 3.8) is 0 Å². The molecule has 0 aromatic carbocycles. The van der Waals surface area contributed by atoms with Crippen LogP contribution in [0.15, 0.2) is 21.5 Å². The van der Waals surface area contributed by atoms with Gasteiger partial charge in [-0.15, -0.1) is 0 Å². The summed E-state index contributed by atoms with van der Waals surface area (Å²) >= 11 is 3.50. The minimum absolute atomic E-state index is 0.303. The van der Waals surface area contributed by atoms with Gasteiger partial charge >= 0.3 is 0 Å². The van der Waals surface area contributed by atoms with Crippen molar-refractivity contribution in [3.8, 4) is 0 Å². The molecule has 2 aromatic heterocycles. The van der Waals surface area contributed by atoms with Gasteiger partial charge in [-0.25, -0.2) is 9.97 Å². The Morgan fingerprint density at radius 2 is 2.15 bits per heavy atom. The maximum Gasteiger partial charge on any atom is 0.231 e. The predicted octanol–water partition coefficient (Wildman–Crippen LogP) is 2.49. The fourth-order valence-electron chi connectivity index (χ4n) is 2.61. The highest BCUT2D eigenvalue weighted by Crippen LogP contribution is 2.39. The number of aromatic nitrogens is 4. The van der Waals surface area contributed by atoms with E-state index in [1.54, 1.807) is 12.5 Å². The van der Waals surface area contributed by atoms with Crippen LogP contribution in [0.4, 0.5) is 5.82 Å². The fourth-order valence-corrected chi connectivity index (χ4v) is 3.08. The number of anilines is 1. The average molecular weight is 336 g/mol. The summed E-state index contributed by atoms with van der Waals surface area (Å²) in [5, 5.41) is 4.10. The summed E-state index contributed by atoms with van der Waals surface area (Å²) in [5.41, 5.74) is 0. The SMILES string of the molecule is Brc1cncnc1N1CC[C@H](c2nc(C3CC3)no2)C1. The third-order valence-corrected chi connectivity index (χ3v) is 4.44. The first kappa shape index (κ1) is 12.3. The number of hydrogen-bond acceptors (Lipinski definition) is 6. The number of nitrogens with zero attached hydrogens (tertiary/aromatic N) is 5. The molecule has 2 aromatic rings. The van der Waals surface area contributed by atoms with Gasteiger partial charge in [0, 0.05) is 25.2 Å². The Morgan fingerprint density at radius 1 is 1.25 bits per heavy atom. The molecular weight excluding hydrogens is 322 g/mol. The molecule has 1 saturated heterocycles. The Labute approximate surface area is 124 Å². The Hall–Kier alpha value is -1.50. The molecule has 6 nitrogen and oxygen atoms in total. The van der Waals surface area contributed by atoms with Crippen LogP contribution in [0.2, 0.25) is 0 Å². The maximum absolute atomic E-state index is 5.43. The van der Waals surface area contributed by atoms with Crippen LogP contribution in [0.5, 0.6) is 0 Å². The molecule has 1 aliphatic carbocycles. The second-order valence-electron chi connectivity index (χ2n) is 5.39. The minimum atomic E-state index is 0.303. The van der Waals surface area contributed by atoms with Crippen molar-refractivity contribution < 1.29 is 4.52 Å². The normalized spacial score (nSPS) is 22.4. The fraction of sp³-hybridized carbons (Fsp3) is 0.538. The molecule has 0 N–H and O–H groups in total. The molecule has 0 spiro atoms. The molecule has 1 aliphatic heterocycles. The minimum Gasteiger partial charge on any atom is -0.355 e. The molecule has 0 amide bonds. The van der Waals surface area contributed by atoms with Gasteiger partial charge < -0.3 is 9.42 Å². The van der Waals surface area contributed by atoms with E-state index in [1.165, 1.54) is 12.8 Å². The molecule has 104 valence electrons. The number of hydrogen-bond donors (Lipinski definition) is 0. The van der Waals surface area contributed by atoms with E-state index in [4.69, 9.17) is 4.52 Å². The van der Waals surface area contributed by atoms with Gasteiger partial charge in [-0.05, 0) is 35.2 Å². The lowest BCUT2D eigenvalue weighted by molar-refractivity contribution is 0.355. The lowest BCUT2D eigenvalue weighted by Gasteiger charge is -2.17. The van der Waals surface area contributed by atoms with Crippen molar-refractivity contribution in [2.24, 2.45) is 0 Å². The Kier molecular flexibility index (Phi) is 2.94. The van der Waals surface area contributed by atoms with Gasteiger partial charge in [0.05, 0.1) is 10.4 Å². The standard InChI is InChI=1S/C13H14BrN5O/c14-10-5-15-7-16-12(10)19-4-3-9(6-19)13-17-11(18-20-13)8-1-2-8/h5,7-9H,1-4,6H2/t9-/m0/s1. The summed E-state index contributed by atoms with van der Waals surface area (Å²) in [6, 6.07) is 0. The second kappa shape index (κ2) is 4.80. The van der Waals surface area contributed by atoms with Gasteiger partial charge in [0.1, 0.15) is 12.1 Å². The molecule has 0 bridgehead atoms. The van der Waals surface area contributed by atoms with Crippen molar-refractivity contribution in [2.45, 2.75) is 31.1 Å². The van der Waals surface area contributed by atoms with E-state index in [9.17, 15) is 0 Å². The molecule has 3 heterocycles. The summed E-state index contributed by atoms with van der Waals surface area (Å²) < 4.78 is 6.35. The summed E-state index contributed by atoms with van der Waals surface area (Å²) in [4.78, 5) is 15.1. The zero-order valence-corrected chi connectivity index (χ0v) is 12.5. The highest BCUT2D eigenvalue weighted by Gasteiger charge is 2.33. The van der Waals surface area contributed by atoms with Crippen molar-refractivity contribution >= 4 is 21.7 Å². The molecule has 0 radical (unpaired) electrons. The molecule has 2 fully saturated rings. The smallest absolute Gasteiger partial charge is 0.231 e. The van der Waals surface area contributed by atoms with Crippen LogP contribution in [0.3, 0.4) is 0 Å². The predicted molar refractivity (Wildman–Crippen MR) is 75.6 cm³/mol. The second-order valence-corrected chi connectivity index (χ2v) is 6.25. The summed E-state index contributed by atoms with van der Waals surface area (Å²) in [7, 11) is 0. The first-order valence-corrected chi connectivity index (χ1v) is 7.64. The van der Waals surface area contributed by atoms with Crippen molar-refractivity contribution in [3.05, 3.63) is 28.7 Å². The quantitative estimate of drug-likeness (QED) is 0.858. The van der Waals surface area contributed by atoms with Gasteiger partial charge in [-0.2, -0.15) is 4.98 Å². The van der Waals surface area contributed by atoms with Gasteiger partial charge in [-0.1, -0.05) is 5.16 Å². The molecule has 4 rings (SSSR count). The van der Waals surface area contributed by atoms with Crippen molar-refractivity contribution in [1.82, 2.24) is 20.1 Å². The Bertz CT molecular complexity index is 627. The first-order chi connectivity index (χ1) is 9.81. The Morgan fingerprint density at radius 3 is 2.95 bits per heavy atom. The van der Waals surface area contributed by atoms with Crippen molar-refractivity contribution in [2.75, 3.05) is 18.0 Å². The van der Waals surface area contributed by atoms with Gasteiger partial charge in [0.2, 0.25) is 5.89 Å². The Balaban J connectivity index is 1.51. The van der Waals surface area contributed by atoms with Crippen LogP contribution in [-0.2, 0) is 0 Å². The van der Waals surface area contributed by atoms with Gasteiger partial charge in [-0.3, -0.25) is 0 Å². The highest BCUT2D eigenvalue weighted by molar-refractivity contribution is 9.10. The monoisotopic (exact) mass is 335 g/mol. The van der Waals surface area contributed by atoms with Crippen LogP contribution in [0.1, 0.15) is 42.8 Å². The third kappa shape index (κ3) is 2.19. The van der Waals surface area contributed by atoms with Crippen LogP contribution in [0, 0.1) is 0 Å². The van der Waals surface area contributed by atoms with Crippen LogP contribution in [0.25, 0.3) is 0 Å². The van der Waals surface area contributed by atoms with Gasteiger partial charge in [0.25, 0.3) is 0 Å². The number of halogens is 1. The zero-order valence-electron chi connectivity index (χ0n) is 10.9. The maximum atomic E-state index is 5.43. The summed E-state index contributed by atoms with van der Waals surface area (Å²) in [5.74, 6) is 3.45. The molecule has 2 aliphatic rings. The first-order valence-electron chi connectivity index (χ1n) is 6.85. The zero-order chi connectivity index (χ0) is 13.5. The van der Waals surface area contributed by atoms with E-state index in [1.807, 2.05) is 0 Å². The van der Waals surface area contributed by atoms with E-state index in [2.05, 4.69) is 40.9 Å². The lowest BCUT2D eigenvalue weighted by Crippen LogP contribution is -2.21. The molecule has 1 saturated carbocycles. The molecule has 1 atom stereocenters. The van der Waals surface area contributed by atoms with E-state index in [0.717, 1.165) is 41.5 Å². The third-order valence-electron chi connectivity index (χ3n) is 3.89. The van der Waals surface area contributed by atoms with E-state index >= 15 is 0 Å². The number of rotatable bonds is 3. The molecule has 20 heavy (non-hydrogen) atoms. The van der Waals surface area contributed by atoms with Crippen LogP contribution < -0.4 is 4.90 Å². The topological polar surface area (TPSA) is 67.9 Å². The highest BCUT2D eigenvalue weighted by atomic mass is 79.9. The molecular formula is C13H14BrN5O. The van der Waals surface area contributed by atoms with E-state index in [0.29, 0.717) is 11.8 Å². The largest absolute Gasteiger partial charge is 0.355 e. The average Bonchev–Trinajstić information content (AvgIpc) is 3.01. The van der Waals surface area contributed by atoms with E-state index in [-0.39, 0.29) is 0 Å². The lowest BCUT2D eigenvalue weighted by atomic mass is 10.1. The molecule has 7 heteroatoms.